The summed E-state index contributed by atoms with van der Waals surface area (Å²) in [6.45, 7) is 8.07. The maximum Gasteiger partial charge on any atom is 0.395 e. The van der Waals surface area contributed by atoms with Crippen molar-refractivity contribution < 1.29 is 14.2 Å². The molecule has 0 bridgehead atoms. The highest BCUT2D eigenvalue weighted by atomic mass is 31.2. The monoisotopic (exact) mass is 384 g/mol. The van der Waals surface area contributed by atoms with Gasteiger partial charge >= 0.3 is 13.9 Å². The third kappa shape index (κ3) is 4.04. The Morgan fingerprint density at radius 1 is 1.00 bits per heavy atom. The maximum atomic E-state index is 12.0. The van der Waals surface area contributed by atoms with Gasteiger partial charge in [0.1, 0.15) is 0 Å². The minimum Gasteiger partial charge on any atom is -0.464 e. The second-order valence-electron chi connectivity index (χ2n) is 7.02. The first-order valence-electron chi connectivity index (χ1n) is 9.88. The van der Waals surface area contributed by atoms with Gasteiger partial charge < -0.3 is 4.74 Å². The van der Waals surface area contributed by atoms with Crippen LogP contribution in [0.2, 0.25) is 0 Å². The normalized spacial score (nSPS) is 24.0. The van der Waals surface area contributed by atoms with Crippen LogP contribution in [0, 0.1) is 11.3 Å². The standard InChI is InChI=1S/C17H31N5O3P/c1-2-24-17(23)16(15-18)19-25-26(20-9-3-4-10-20,21-11-5-6-12-21)22-13-7-8-14-22/h16,19H,2-14H2,1H3/q+1. The Balaban J connectivity index is 1.83. The van der Waals surface area contributed by atoms with Gasteiger partial charge in [0.15, 0.2) is 0 Å². The van der Waals surface area contributed by atoms with E-state index in [0.29, 0.717) is 0 Å². The van der Waals surface area contributed by atoms with Gasteiger partial charge in [-0.3, -0.25) is 0 Å². The van der Waals surface area contributed by atoms with E-state index < -0.39 is 20.0 Å². The molecule has 0 spiro atoms. The molecule has 0 aliphatic carbocycles. The molecule has 3 aliphatic heterocycles. The van der Waals surface area contributed by atoms with Gasteiger partial charge in [0.05, 0.1) is 12.7 Å². The summed E-state index contributed by atoms with van der Waals surface area (Å²) < 4.78 is 18.9. The molecule has 0 saturated carbocycles. The van der Waals surface area contributed by atoms with Crippen LogP contribution < -0.4 is 5.48 Å². The number of hydrogen-bond donors (Lipinski definition) is 1. The Morgan fingerprint density at radius 2 is 1.42 bits per heavy atom. The Morgan fingerprint density at radius 3 is 1.77 bits per heavy atom. The van der Waals surface area contributed by atoms with Gasteiger partial charge in [-0.2, -0.15) is 5.26 Å². The first kappa shape index (κ1) is 19.9. The number of nitriles is 1. The molecule has 26 heavy (non-hydrogen) atoms. The molecule has 8 nitrogen and oxygen atoms in total. The Kier molecular flexibility index (Phi) is 7.21. The molecule has 3 heterocycles. The molecule has 1 atom stereocenters. The topological polar surface area (TPSA) is 81.1 Å². The van der Waals surface area contributed by atoms with E-state index in [9.17, 15) is 10.1 Å². The first-order chi connectivity index (χ1) is 12.7. The van der Waals surface area contributed by atoms with Gasteiger partial charge in [-0.25, -0.2) is 4.79 Å². The van der Waals surface area contributed by atoms with Crippen LogP contribution in [0.5, 0.6) is 0 Å². The molecule has 3 fully saturated rings. The van der Waals surface area contributed by atoms with E-state index in [1.54, 1.807) is 6.92 Å². The summed E-state index contributed by atoms with van der Waals surface area (Å²) in [5, 5.41) is 9.39. The molecule has 1 unspecified atom stereocenters. The molecule has 0 radical (unpaired) electrons. The van der Waals surface area contributed by atoms with Crippen LogP contribution in [-0.2, 0) is 14.2 Å². The zero-order valence-electron chi connectivity index (χ0n) is 15.7. The van der Waals surface area contributed by atoms with Crippen molar-refractivity contribution in [3.8, 4) is 6.07 Å². The van der Waals surface area contributed by atoms with Gasteiger partial charge in [-0.15, -0.1) is 19.5 Å². The van der Waals surface area contributed by atoms with Crippen LogP contribution in [0.25, 0.3) is 0 Å². The number of hydroxylamine groups is 1. The molecule has 9 heteroatoms. The summed E-state index contributed by atoms with van der Waals surface area (Å²) in [6.07, 6.45) is 7.04. The van der Waals surface area contributed by atoms with Gasteiger partial charge in [0.25, 0.3) is 0 Å². The summed E-state index contributed by atoms with van der Waals surface area (Å²) in [5.74, 6) is -0.572. The van der Waals surface area contributed by atoms with Crippen molar-refractivity contribution in [3.05, 3.63) is 0 Å². The molecule has 3 saturated heterocycles. The van der Waals surface area contributed by atoms with Gasteiger partial charge in [0, 0.05) is 39.3 Å². The first-order valence-corrected chi connectivity index (χ1v) is 11.4. The fourth-order valence-electron chi connectivity index (χ4n) is 4.07. The number of ether oxygens (including phenoxy) is 1. The average Bonchev–Trinajstić information content (AvgIpc) is 3.43. The molecule has 146 valence electrons. The number of carbonyl (C=O) groups excluding carboxylic acids is 1. The summed E-state index contributed by atoms with van der Waals surface area (Å²) in [7, 11) is -2.23. The van der Waals surface area contributed by atoms with Crippen molar-refractivity contribution in [1.82, 2.24) is 19.5 Å². The van der Waals surface area contributed by atoms with Gasteiger partial charge in [-0.05, 0) is 45.4 Å². The number of nitrogens with one attached hydrogen (secondary N) is 1. The minimum absolute atomic E-state index is 0.253. The minimum atomic E-state index is -2.23. The van der Waals surface area contributed by atoms with E-state index in [1.807, 2.05) is 6.07 Å². The van der Waals surface area contributed by atoms with Crippen molar-refractivity contribution >= 4 is 13.9 Å². The Labute approximate surface area is 156 Å². The van der Waals surface area contributed by atoms with E-state index in [2.05, 4.69) is 19.5 Å². The lowest BCUT2D eigenvalue weighted by Crippen LogP contribution is -2.48. The summed E-state index contributed by atoms with van der Waals surface area (Å²) >= 11 is 0. The van der Waals surface area contributed by atoms with Crippen LogP contribution >= 0.6 is 7.94 Å². The van der Waals surface area contributed by atoms with Crippen molar-refractivity contribution in [3.63, 3.8) is 0 Å². The molecule has 1 N–H and O–H groups in total. The molecule has 0 aromatic rings. The lowest BCUT2D eigenvalue weighted by atomic mass is 10.4. The zero-order valence-corrected chi connectivity index (χ0v) is 16.6. The van der Waals surface area contributed by atoms with Crippen LogP contribution in [0.1, 0.15) is 45.4 Å². The van der Waals surface area contributed by atoms with E-state index in [4.69, 9.17) is 9.36 Å². The molecule has 3 aliphatic rings. The van der Waals surface area contributed by atoms with E-state index in [0.717, 1.165) is 39.3 Å². The Hall–Kier alpha value is -0.810. The number of nitrogens with zero attached hydrogens (tertiary/aromatic N) is 4. The van der Waals surface area contributed by atoms with Crippen LogP contribution in [0.15, 0.2) is 0 Å². The van der Waals surface area contributed by atoms with Crippen molar-refractivity contribution in [1.29, 1.82) is 5.26 Å². The van der Waals surface area contributed by atoms with E-state index in [-0.39, 0.29) is 6.61 Å². The number of rotatable bonds is 8. The lowest BCUT2D eigenvalue weighted by Gasteiger charge is -2.40. The predicted molar refractivity (Wildman–Crippen MR) is 99.6 cm³/mol. The van der Waals surface area contributed by atoms with Gasteiger partial charge in [-0.1, -0.05) is 4.62 Å². The maximum absolute atomic E-state index is 12.0. The van der Waals surface area contributed by atoms with Crippen molar-refractivity contribution in [2.75, 3.05) is 45.9 Å². The van der Waals surface area contributed by atoms with Gasteiger partial charge in [0.2, 0.25) is 6.04 Å². The van der Waals surface area contributed by atoms with Crippen LogP contribution in [-0.4, -0.2) is 71.9 Å². The summed E-state index contributed by atoms with van der Waals surface area (Å²) in [4.78, 5) is 12.0. The molecule has 0 aromatic carbocycles. The van der Waals surface area contributed by atoms with Crippen molar-refractivity contribution in [2.24, 2.45) is 0 Å². The fraction of sp³-hybridized carbons (Fsp3) is 0.882. The quantitative estimate of drug-likeness (QED) is 0.386. The van der Waals surface area contributed by atoms with E-state index in [1.165, 1.54) is 38.5 Å². The van der Waals surface area contributed by atoms with Crippen molar-refractivity contribution in [2.45, 2.75) is 51.5 Å². The highest BCUT2D eigenvalue weighted by molar-refractivity contribution is 7.64. The summed E-state index contributed by atoms with van der Waals surface area (Å²) in [6, 6.07) is 0.887. The SMILES string of the molecule is CCOC(=O)C(C#N)NO[P+](N1CCCC1)(N1CCCC1)N1CCCC1. The lowest BCUT2D eigenvalue weighted by molar-refractivity contribution is -0.146. The smallest absolute Gasteiger partial charge is 0.395 e. The second kappa shape index (κ2) is 9.41. The molecular formula is C17H31N5O3P+. The zero-order chi connectivity index (χ0) is 18.4. The second-order valence-corrected chi connectivity index (χ2v) is 9.93. The fourth-order valence-corrected chi connectivity index (χ4v) is 8.15. The molecule has 3 rings (SSSR count). The third-order valence-electron chi connectivity index (χ3n) is 5.30. The number of carbonyl (C=O) groups is 1. The highest BCUT2D eigenvalue weighted by Crippen LogP contribution is 2.70. The predicted octanol–water partition coefficient (Wildman–Crippen LogP) is 1.93. The molecular weight excluding hydrogens is 353 g/mol. The van der Waals surface area contributed by atoms with E-state index >= 15 is 0 Å². The largest absolute Gasteiger partial charge is 0.464 e. The molecule has 0 amide bonds. The molecule has 0 aromatic heterocycles. The highest BCUT2D eigenvalue weighted by Gasteiger charge is 2.62. The third-order valence-corrected chi connectivity index (χ3v) is 9.06. The summed E-state index contributed by atoms with van der Waals surface area (Å²) in [5.41, 5.74) is 2.81. The number of esters is 1. The average molecular weight is 384 g/mol. The van der Waals surface area contributed by atoms with Crippen LogP contribution in [0.4, 0.5) is 0 Å². The Bertz CT molecular complexity index is 470. The number of hydrogen-bond acceptors (Lipinski definition) is 8. The van der Waals surface area contributed by atoms with Crippen LogP contribution in [0.3, 0.4) is 0 Å².